The maximum atomic E-state index is 11.2. The molecular formula is C7H10N2O2S2. The average Bonchev–Trinajstić information content (AvgIpc) is 2.54. The van der Waals surface area contributed by atoms with E-state index in [1.165, 1.54) is 0 Å². The molecule has 0 spiro atoms. The maximum absolute atomic E-state index is 11.2. The van der Waals surface area contributed by atoms with Crippen molar-refractivity contribution in [2.75, 3.05) is 0 Å². The Morgan fingerprint density at radius 2 is 2.31 bits per heavy atom. The average molecular weight is 218 g/mol. The van der Waals surface area contributed by atoms with Crippen LogP contribution in [0.3, 0.4) is 0 Å². The molecule has 1 aromatic rings. The minimum atomic E-state index is -3.39. The molecule has 0 aromatic carbocycles. The van der Waals surface area contributed by atoms with Crippen molar-refractivity contribution in [2.24, 2.45) is 0 Å². The molecule has 1 rings (SSSR count). The van der Waals surface area contributed by atoms with Gasteiger partial charge in [-0.15, -0.1) is 0 Å². The van der Waals surface area contributed by atoms with E-state index in [1.807, 2.05) is 6.92 Å². The zero-order valence-corrected chi connectivity index (χ0v) is 8.86. The van der Waals surface area contributed by atoms with Crippen LogP contribution in [-0.4, -0.2) is 17.8 Å². The predicted molar refractivity (Wildman–Crippen MR) is 51.3 cm³/mol. The summed E-state index contributed by atoms with van der Waals surface area (Å²) in [4.78, 5) is 3.89. The minimum Gasteiger partial charge on any atom is -0.217 e. The second-order valence-corrected chi connectivity index (χ2v) is 5.26. The monoisotopic (exact) mass is 218 g/mol. The zero-order chi connectivity index (χ0) is 9.90. The highest BCUT2D eigenvalue weighted by molar-refractivity contribution is 7.95. The lowest BCUT2D eigenvalue weighted by Crippen LogP contribution is -1.95. The van der Waals surface area contributed by atoms with Crippen molar-refractivity contribution in [3.8, 4) is 0 Å². The highest BCUT2D eigenvalue weighted by Crippen LogP contribution is 2.14. The molecule has 0 bridgehead atoms. The lowest BCUT2D eigenvalue weighted by Gasteiger charge is -1.88. The third kappa shape index (κ3) is 2.35. The van der Waals surface area contributed by atoms with Crippen molar-refractivity contribution >= 4 is 21.4 Å². The molecule has 0 saturated heterocycles. The van der Waals surface area contributed by atoms with Gasteiger partial charge < -0.3 is 0 Å². The van der Waals surface area contributed by atoms with Gasteiger partial charge in [-0.25, -0.2) is 13.4 Å². The van der Waals surface area contributed by atoms with Crippen LogP contribution in [-0.2, 0) is 16.3 Å². The third-order valence-corrected chi connectivity index (χ3v) is 3.87. The van der Waals surface area contributed by atoms with E-state index in [2.05, 4.69) is 15.9 Å². The third-order valence-electron chi connectivity index (χ3n) is 1.39. The molecule has 0 unspecified atom stereocenters. The topological polar surface area (TPSA) is 59.9 Å². The summed E-state index contributed by atoms with van der Waals surface area (Å²) >= 11 is 0.901. The van der Waals surface area contributed by atoms with Crippen LogP contribution in [0, 0.1) is 0 Å². The van der Waals surface area contributed by atoms with Gasteiger partial charge in [0.25, 0.3) is 0 Å². The van der Waals surface area contributed by atoms with Gasteiger partial charge in [-0.1, -0.05) is 13.5 Å². The van der Waals surface area contributed by atoms with Crippen LogP contribution in [0.2, 0.25) is 0 Å². The molecule has 0 amide bonds. The van der Waals surface area contributed by atoms with Crippen LogP contribution in [0.1, 0.15) is 19.2 Å². The lowest BCUT2D eigenvalue weighted by atomic mass is 10.3. The van der Waals surface area contributed by atoms with E-state index in [4.69, 9.17) is 0 Å². The standard InChI is InChI=1S/C7H10N2O2S2/c1-3-5-6-8-7(12-9-6)13(10,11)4-2/h4H,2-3,5H2,1H3. The fourth-order valence-corrected chi connectivity index (χ4v) is 2.32. The maximum Gasteiger partial charge on any atom is 0.233 e. The molecule has 6 heteroatoms. The molecule has 0 N–H and O–H groups in total. The van der Waals surface area contributed by atoms with Gasteiger partial charge in [-0.3, -0.25) is 0 Å². The molecule has 0 saturated carbocycles. The van der Waals surface area contributed by atoms with Crippen molar-refractivity contribution in [3.05, 3.63) is 17.8 Å². The highest BCUT2D eigenvalue weighted by atomic mass is 32.2. The molecule has 4 nitrogen and oxygen atoms in total. The molecule has 72 valence electrons. The molecule has 1 heterocycles. The number of rotatable bonds is 4. The number of sulfone groups is 1. The van der Waals surface area contributed by atoms with Crippen LogP contribution >= 0.6 is 11.5 Å². The Morgan fingerprint density at radius 3 is 2.85 bits per heavy atom. The van der Waals surface area contributed by atoms with Gasteiger partial charge in [-0.05, 0) is 18.0 Å². The number of aromatic nitrogens is 2. The van der Waals surface area contributed by atoms with Crippen molar-refractivity contribution in [3.63, 3.8) is 0 Å². The smallest absolute Gasteiger partial charge is 0.217 e. The Hall–Kier alpha value is -0.750. The molecule has 0 aliphatic carbocycles. The summed E-state index contributed by atoms with van der Waals surface area (Å²) in [5, 5.41) is 0.892. The summed E-state index contributed by atoms with van der Waals surface area (Å²) < 4.78 is 26.4. The van der Waals surface area contributed by atoms with Gasteiger partial charge in [0, 0.05) is 11.8 Å². The van der Waals surface area contributed by atoms with E-state index in [0.29, 0.717) is 12.2 Å². The molecule has 0 aliphatic rings. The van der Waals surface area contributed by atoms with Crippen molar-refractivity contribution in [2.45, 2.75) is 24.1 Å². The summed E-state index contributed by atoms with van der Waals surface area (Å²) in [5.74, 6) is 0.591. The van der Waals surface area contributed by atoms with Gasteiger partial charge >= 0.3 is 0 Å². The normalized spacial score (nSPS) is 11.5. The summed E-state index contributed by atoms with van der Waals surface area (Å²) in [7, 11) is -3.39. The summed E-state index contributed by atoms with van der Waals surface area (Å²) in [6, 6.07) is 0. The minimum absolute atomic E-state index is 0.0333. The summed E-state index contributed by atoms with van der Waals surface area (Å²) in [5.41, 5.74) is 0. The van der Waals surface area contributed by atoms with Gasteiger partial charge in [0.05, 0.1) is 0 Å². The number of aryl methyl sites for hydroxylation is 1. The number of nitrogens with zero attached hydrogens (tertiary/aromatic N) is 2. The van der Waals surface area contributed by atoms with Crippen LogP contribution in [0.25, 0.3) is 0 Å². The van der Waals surface area contributed by atoms with Crippen molar-refractivity contribution in [1.29, 1.82) is 0 Å². The Morgan fingerprint density at radius 1 is 1.62 bits per heavy atom. The van der Waals surface area contributed by atoms with Crippen LogP contribution in [0.5, 0.6) is 0 Å². The molecular weight excluding hydrogens is 208 g/mol. The molecule has 0 radical (unpaired) electrons. The lowest BCUT2D eigenvalue weighted by molar-refractivity contribution is 0.603. The van der Waals surface area contributed by atoms with E-state index >= 15 is 0 Å². The summed E-state index contributed by atoms with van der Waals surface area (Å²) in [6.07, 6.45) is 1.62. The van der Waals surface area contributed by atoms with Gasteiger partial charge in [0.1, 0.15) is 5.82 Å². The van der Waals surface area contributed by atoms with Crippen LogP contribution in [0.4, 0.5) is 0 Å². The Balaban J connectivity index is 2.98. The Kier molecular flexibility index (Phi) is 3.16. The number of hydrogen-bond acceptors (Lipinski definition) is 5. The zero-order valence-electron chi connectivity index (χ0n) is 7.23. The molecule has 1 aromatic heterocycles. The van der Waals surface area contributed by atoms with Gasteiger partial charge in [-0.2, -0.15) is 4.37 Å². The molecule has 13 heavy (non-hydrogen) atoms. The van der Waals surface area contributed by atoms with E-state index in [1.54, 1.807) is 0 Å². The quantitative estimate of drug-likeness (QED) is 0.766. The van der Waals surface area contributed by atoms with Crippen molar-refractivity contribution in [1.82, 2.24) is 9.36 Å². The molecule has 0 aliphatic heterocycles. The van der Waals surface area contributed by atoms with E-state index in [9.17, 15) is 8.42 Å². The summed E-state index contributed by atoms with van der Waals surface area (Å²) in [6.45, 7) is 5.20. The van der Waals surface area contributed by atoms with E-state index in [0.717, 1.165) is 23.4 Å². The van der Waals surface area contributed by atoms with Gasteiger partial charge in [0.2, 0.25) is 14.2 Å². The van der Waals surface area contributed by atoms with Crippen LogP contribution < -0.4 is 0 Å². The fraction of sp³-hybridized carbons (Fsp3) is 0.429. The largest absolute Gasteiger partial charge is 0.233 e. The Bertz CT molecular complexity index is 394. The molecule has 0 fully saturated rings. The second-order valence-electron chi connectivity index (χ2n) is 2.44. The van der Waals surface area contributed by atoms with E-state index in [-0.39, 0.29) is 4.34 Å². The number of hydrogen-bond donors (Lipinski definition) is 0. The first-order valence-electron chi connectivity index (χ1n) is 3.80. The van der Waals surface area contributed by atoms with Crippen molar-refractivity contribution < 1.29 is 8.42 Å². The predicted octanol–water partition coefficient (Wildman–Crippen LogP) is 1.41. The fourth-order valence-electron chi connectivity index (χ4n) is 0.750. The van der Waals surface area contributed by atoms with Crippen LogP contribution in [0.15, 0.2) is 16.3 Å². The van der Waals surface area contributed by atoms with Gasteiger partial charge in [0.15, 0.2) is 0 Å². The van der Waals surface area contributed by atoms with E-state index < -0.39 is 9.84 Å². The highest BCUT2D eigenvalue weighted by Gasteiger charge is 2.15. The second kappa shape index (κ2) is 3.97. The first-order chi connectivity index (χ1) is 6.10. The first kappa shape index (κ1) is 10.3. The Labute approximate surface area is 81.4 Å². The SMILES string of the molecule is C=CS(=O)(=O)c1nc(CCC)ns1. The molecule has 0 atom stereocenters. The first-order valence-corrected chi connectivity index (χ1v) is 6.12.